The van der Waals surface area contributed by atoms with Crippen molar-refractivity contribution in [2.45, 2.75) is 20.1 Å². The highest BCUT2D eigenvalue weighted by atomic mass is 16.5. The molecule has 7 nitrogen and oxygen atoms in total. The minimum absolute atomic E-state index is 0.211. The summed E-state index contributed by atoms with van der Waals surface area (Å²) < 4.78 is 11.1. The molecule has 4 aromatic rings. The molecule has 7 heteroatoms. The molecule has 0 aliphatic rings. The summed E-state index contributed by atoms with van der Waals surface area (Å²) in [6.07, 6.45) is 1.47. The zero-order chi connectivity index (χ0) is 23.8. The molecule has 34 heavy (non-hydrogen) atoms. The number of ether oxygens (including phenoxy) is 1. The molecular weight excluding hydrogens is 430 g/mol. The van der Waals surface area contributed by atoms with Gasteiger partial charge in [0.1, 0.15) is 12.4 Å². The summed E-state index contributed by atoms with van der Waals surface area (Å²) in [5.41, 5.74) is 3.88. The van der Waals surface area contributed by atoms with Crippen LogP contribution in [0.25, 0.3) is 0 Å². The van der Waals surface area contributed by atoms with Crippen molar-refractivity contribution in [3.05, 3.63) is 114 Å². The van der Waals surface area contributed by atoms with Crippen molar-refractivity contribution in [2.24, 2.45) is 0 Å². The first-order valence-corrected chi connectivity index (χ1v) is 10.8. The molecular formula is C27H25N3O4. The number of amides is 3. The molecule has 3 aromatic carbocycles. The lowest BCUT2D eigenvalue weighted by atomic mass is 10.2. The molecule has 0 bridgehead atoms. The first kappa shape index (κ1) is 22.7. The summed E-state index contributed by atoms with van der Waals surface area (Å²) in [7, 11) is 0. The maximum absolute atomic E-state index is 12.7. The third-order valence-corrected chi connectivity index (χ3v) is 5.00. The molecule has 0 spiro atoms. The molecule has 4 rings (SSSR count). The van der Waals surface area contributed by atoms with Gasteiger partial charge in [0.15, 0.2) is 5.76 Å². The molecule has 0 unspecified atom stereocenters. The molecule has 0 saturated heterocycles. The molecule has 0 aliphatic carbocycles. The summed E-state index contributed by atoms with van der Waals surface area (Å²) in [6.45, 7) is 2.45. The number of benzene rings is 3. The SMILES string of the molecule is Cc1cccc(NC(=O)Nc2cccc(CNC(=O)c3occc3COc3ccccc3)c2)c1. The third-order valence-electron chi connectivity index (χ3n) is 5.00. The predicted molar refractivity (Wildman–Crippen MR) is 131 cm³/mol. The number of nitrogens with one attached hydrogen (secondary N) is 3. The maximum Gasteiger partial charge on any atom is 0.323 e. The van der Waals surface area contributed by atoms with Crippen LogP contribution >= 0.6 is 0 Å². The van der Waals surface area contributed by atoms with E-state index >= 15 is 0 Å². The quantitative estimate of drug-likeness (QED) is 0.316. The molecule has 0 saturated carbocycles. The van der Waals surface area contributed by atoms with E-state index in [0.29, 0.717) is 22.7 Å². The Hall–Kier alpha value is -4.52. The van der Waals surface area contributed by atoms with Gasteiger partial charge in [0.05, 0.1) is 6.26 Å². The van der Waals surface area contributed by atoms with Crippen molar-refractivity contribution < 1.29 is 18.7 Å². The molecule has 0 atom stereocenters. The Morgan fingerprint density at radius 2 is 1.59 bits per heavy atom. The van der Waals surface area contributed by atoms with E-state index in [9.17, 15) is 9.59 Å². The van der Waals surface area contributed by atoms with E-state index in [1.807, 2.05) is 73.7 Å². The van der Waals surface area contributed by atoms with E-state index in [1.165, 1.54) is 6.26 Å². The van der Waals surface area contributed by atoms with Crippen LogP contribution in [0.1, 0.15) is 27.2 Å². The van der Waals surface area contributed by atoms with E-state index < -0.39 is 0 Å². The number of urea groups is 1. The number of carbonyl (C=O) groups is 2. The Morgan fingerprint density at radius 1 is 0.853 bits per heavy atom. The summed E-state index contributed by atoms with van der Waals surface area (Å²) in [5.74, 6) is 0.584. The van der Waals surface area contributed by atoms with E-state index in [1.54, 1.807) is 18.2 Å². The van der Waals surface area contributed by atoms with Crippen molar-refractivity contribution in [1.82, 2.24) is 5.32 Å². The Kier molecular flexibility index (Phi) is 7.25. The lowest BCUT2D eigenvalue weighted by molar-refractivity contribution is 0.0919. The highest BCUT2D eigenvalue weighted by molar-refractivity contribution is 5.99. The number of para-hydroxylation sites is 1. The van der Waals surface area contributed by atoms with Gasteiger partial charge in [-0.3, -0.25) is 4.79 Å². The normalized spacial score (nSPS) is 10.4. The Balaban J connectivity index is 1.31. The smallest absolute Gasteiger partial charge is 0.323 e. The number of hydrogen-bond donors (Lipinski definition) is 3. The minimum atomic E-state index is -0.342. The number of hydrogen-bond acceptors (Lipinski definition) is 4. The minimum Gasteiger partial charge on any atom is -0.489 e. The van der Waals surface area contributed by atoms with Crippen LogP contribution in [0.4, 0.5) is 16.2 Å². The van der Waals surface area contributed by atoms with Crippen LogP contribution < -0.4 is 20.7 Å². The highest BCUT2D eigenvalue weighted by Crippen LogP contribution is 2.17. The van der Waals surface area contributed by atoms with Crippen molar-refractivity contribution in [3.8, 4) is 5.75 Å². The van der Waals surface area contributed by atoms with Gasteiger partial charge in [-0.25, -0.2) is 4.79 Å². The van der Waals surface area contributed by atoms with Gasteiger partial charge >= 0.3 is 6.03 Å². The molecule has 1 aromatic heterocycles. The highest BCUT2D eigenvalue weighted by Gasteiger charge is 2.16. The van der Waals surface area contributed by atoms with Gasteiger partial charge in [-0.15, -0.1) is 0 Å². The van der Waals surface area contributed by atoms with Gasteiger partial charge in [0.2, 0.25) is 0 Å². The molecule has 1 heterocycles. The number of furan rings is 1. The first-order chi connectivity index (χ1) is 16.6. The van der Waals surface area contributed by atoms with Gasteiger partial charge in [-0.1, -0.05) is 42.5 Å². The van der Waals surface area contributed by atoms with E-state index in [2.05, 4.69) is 16.0 Å². The van der Waals surface area contributed by atoms with Crippen LogP contribution in [-0.2, 0) is 13.2 Å². The number of anilines is 2. The van der Waals surface area contributed by atoms with Gasteiger partial charge in [0.25, 0.3) is 5.91 Å². The van der Waals surface area contributed by atoms with Crippen molar-refractivity contribution in [3.63, 3.8) is 0 Å². The Bertz CT molecular complexity index is 1270. The summed E-state index contributed by atoms with van der Waals surface area (Å²) in [5, 5.41) is 8.46. The zero-order valence-electron chi connectivity index (χ0n) is 18.7. The molecule has 172 valence electrons. The lowest BCUT2D eigenvalue weighted by Crippen LogP contribution is -2.24. The molecule has 0 aliphatic heterocycles. The fourth-order valence-corrected chi connectivity index (χ4v) is 3.36. The standard InChI is InChI=1S/C27H25N3O4/c1-19-7-5-9-22(15-19)29-27(32)30-23-10-6-8-20(16-23)17-28-26(31)25-21(13-14-33-25)18-34-24-11-3-2-4-12-24/h2-16H,17-18H2,1H3,(H,28,31)(H2,29,30,32). The van der Waals surface area contributed by atoms with Crippen molar-refractivity contribution >= 4 is 23.3 Å². The second-order valence-corrected chi connectivity index (χ2v) is 7.71. The molecule has 0 fully saturated rings. The van der Waals surface area contributed by atoms with Crippen LogP contribution in [0.3, 0.4) is 0 Å². The monoisotopic (exact) mass is 455 g/mol. The van der Waals surface area contributed by atoms with E-state index in [4.69, 9.17) is 9.15 Å². The largest absolute Gasteiger partial charge is 0.489 e. The van der Waals surface area contributed by atoms with Crippen LogP contribution in [0.15, 0.2) is 95.6 Å². The fraction of sp³-hybridized carbons (Fsp3) is 0.111. The average molecular weight is 456 g/mol. The Morgan fingerprint density at radius 3 is 2.35 bits per heavy atom. The fourth-order valence-electron chi connectivity index (χ4n) is 3.36. The van der Waals surface area contributed by atoms with Gasteiger partial charge in [-0.2, -0.15) is 0 Å². The maximum atomic E-state index is 12.7. The van der Waals surface area contributed by atoms with E-state index in [0.717, 1.165) is 11.1 Å². The zero-order valence-corrected chi connectivity index (χ0v) is 18.7. The summed E-state index contributed by atoms with van der Waals surface area (Å²) >= 11 is 0. The average Bonchev–Trinajstić information content (AvgIpc) is 3.31. The predicted octanol–water partition coefficient (Wildman–Crippen LogP) is 5.74. The van der Waals surface area contributed by atoms with E-state index in [-0.39, 0.29) is 30.9 Å². The topological polar surface area (TPSA) is 92.6 Å². The molecule has 3 N–H and O–H groups in total. The van der Waals surface area contributed by atoms with Crippen LogP contribution in [0, 0.1) is 6.92 Å². The van der Waals surface area contributed by atoms with Crippen molar-refractivity contribution in [1.29, 1.82) is 0 Å². The second-order valence-electron chi connectivity index (χ2n) is 7.71. The summed E-state index contributed by atoms with van der Waals surface area (Å²) in [4.78, 5) is 25.0. The number of rotatable bonds is 8. The van der Waals surface area contributed by atoms with Crippen LogP contribution in [-0.4, -0.2) is 11.9 Å². The third kappa shape index (κ3) is 6.26. The molecule has 0 radical (unpaired) electrons. The van der Waals surface area contributed by atoms with Gasteiger partial charge < -0.3 is 25.1 Å². The Labute approximate surface area is 197 Å². The van der Waals surface area contributed by atoms with Crippen LogP contribution in [0.2, 0.25) is 0 Å². The number of aryl methyl sites for hydroxylation is 1. The summed E-state index contributed by atoms with van der Waals surface area (Å²) in [6, 6.07) is 25.6. The second kappa shape index (κ2) is 10.9. The van der Waals surface area contributed by atoms with Gasteiger partial charge in [-0.05, 0) is 60.5 Å². The number of carbonyl (C=O) groups excluding carboxylic acids is 2. The first-order valence-electron chi connectivity index (χ1n) is 10.8. The lowest BCUT2D eigenvalue weighted by Gasteiger charge is -2.10. The molecule has 3 amide bonds. The van der Waals surface area contributed by atoms with Crippen molar-refractivity contribution in [2.75, 3.05) is 10.6 Å². The van der Waals surface area contributed by atoms with Crippen LogP contribution in [0.5, 0.6) is 5.75 Å². The van der Waals surface area contributed by atoms with Gasteiger partial charge in [0, 0.05) is 23.5 Å².